The number of H-pyrrole nitrogens is 1. The van der Waals surface area contributed by atoms with Crippen LogP contribution in [-0.4, -0.2) is 45.7 Å². The molecule has 1 aromatic heterocycles. The maximum Gasteiger partial charge on any atom is 0.412 e. The molecule has 5 rings (SSSR count). The zero-order chi connectivity index (χ0) is 37.9. The molecular formula is C27H25N3O18P4-4. The molecule has 52 heavy (non-hydrogen) atoms. The van der Waals surface area contributed by atoms with Crippen molar-refractivity contribution in [3.05, 3.63) is 111 Å². The van der Waals surface area contributed by atoms with E-state index in [9.17, 15) is 57.3 Å². The number of rotatable bonds is 14. The van der Waals surface area contributed by atoms with Gasteiger partial charge in [-0.2, -0.15) is 0 Å². The van der Waals surface area contributed by atoms with Gasteiger partial charge in [0.05, 0.1) is 6.61 Å². The molecule has 5 unspecified atom stereocenters. The van der Waals surface area contributed by atoms with Crippen molar-refractivity contribution in [3.8, 4) is 0 Å². The lowest BCUT2D eigenvalue weighted by Gasteiger charge is -2.37. The second kappa shape index (κ2) is 15.8. The van der Waals surface area contributed by atoms with Gasteiger partial charge in [0.25, 0.3) is 29.0 Å². The third kappa shape index (κ3) is 10.5. The fraction of sp³-hybridized carbons (Fsp3) is 0.222. The predicted molar refractivity (Wildman–Crippen MR) is 169 cm³/mol. The number of nitrogens with one attached hydrogen (secondary N) is 2. The van der Waals surface area contributed by atoms with Gasteiger partial charge < -0.3 is 43.2 Å². The molecule has 3 N–H and O–H groups in total. The minimum atomic E-state index is -6.53. The van der Waals surface area contributed by atoms with Gasteiger partial charge in [0.15, 0.2) is 12.3 Å². The van der Waals surface area contributed by atoms with Gasteiger partial charge in [0, 0.05) is 24.1 Å². The topological polar surface area (TPSA) is 320 Å². The zero-order valence-corrected chi connectivity index (χ0v) is 29.5. The predicted octanol–water partition coefficient (Wildman–Crippen LogP) is 0.791. The van der Waals surface area contributed by atoms with Crippen LogP contribution in [0.2, 0.25) is 0 Å². The molecule has 1 aliphatic heterocycles. The van der Waals surface area contributed by atoms with Crippen LogP contribution < -0.4 is 36.1 Å². The maximum atomic E-state index is 12.6. The number of aliphatic hydroxyl groups is 1. The fourth-order valence-electron chi connectivity index (χ4n) is 4.91. The van der Waals surface area contributed by atoms with Gasteiger partial charge in [-0.25, -0.2) is 18.2 Å². The van der Waals surface area contributed by atoms with Crippen molar-refractivity contribution in [2.75, 3.05) is 11.9 Å². The molecule has 2 heterocycles. The smallest absolute Gasteiger partial charge is 0.412 e. The van der Waals surface area contributed by atoms with Crippen LogP contribution >= 0.6 is 31.1 Å². The molecule has 0 bridgehead atoms. The highest BCUT2D eigenvalue weighted by molar-refractivity contribution is 7.69. The van der Waals surface area contributed by atoms with Gasteiger partial charge in [-0.1, -0.05) is 60.7 Å². The molecular weight excluding hydrogens is 778 g/mol. The van der Waals surface area contributed by atoms with Crippen LogP contribution in [0, 0.1) is 0 Å². The van der Waals surface area contributed by atoms with E-state index in [-0.39, 0.29) is 11.3 Å². The Morgan fingerprint density at radius 1 is 0.846 bits per heavy atom. The van der Waals surface area contributed by atoms with E-state index < -0.39 is 85.7 Å². The number of fused-ring (bicyclic) bond motifs is 1. The summed E-state index contributed by atoms with van der Waals surface area (Å²) in [4.78, 5) is 87.9. The van der Waals surface area contributed by atoms with Crippen molar-refractivity contribution in [1.29, 1.82) is 0 Å². The summed E-state index contributed by atoms with van der Waals surface area (Å²) in [6, 6.07) is 19.6. The van der Waals surface area contributed by atoms with Gasteiger partial charge in [0.2, 0.25) is 0 Å². The molecule has 1 saturated heterocycles. The third-order valence-electron chi connectivity index (χ3n) is 6.97. The Bertz CT molecular complexity index is 2240. The number of phosphoric acid groups is 3. The van der Waals surface area contributed by atoms with E-state index in [4.69, 9.17) is 9.47 Å². The van der Waals surface area contributed by atoms with E-state index in [1.54, 1.807) is 48.5 Å². The molecule has 8 atom stereocenters. The Kier molecular flexibility index (Phi) is 12.0. The molecule has 280 valence electrons. The molecule has 0 aliphatic carbocycles. The normalized spacial score (nSPS) is 23.5. The van der Waals surface area contributed by atoms with E-state index in [0.29, 0.717) is 15.3 Å². The van der Waals surface area contributed by atoms with E-state index in [1.165, 1.54) is 24.3 Å². The Morgan fingerprint density at radius 2 is 1.48 bits per heavy atom. The lowest BCUT2D eigenvalue weighted by molar-refractivity contribution is -0.251. The molecule has 1 aliphatic rings. The average Bonchev–Trinajstić information content (AvgIpc) is 3.32. The minimum absolute atomic E-state index is 0.0869. The second-order valence-corrected chi connectivity index (χ2v) is 17.2. The van der Waals surface area contributed by atoms with Crippen LogP contribution in [0.25, 0.3) is 10.8 Å². The lowest BCUT2D eigenvalue weighted by Crippen LogP contribution is -2.41. The number of carbonyl (C=O) groups is 1. The van der Waals surface area contributed by atoms with Crippen LogP contribution in [-0.2, 0) is 51.4 Å². The second-order valence-electron chi connectivity index (χ2n) is 10.7. The molecule has 0 radical (unpaired) electrons. The summed E-state index contributed by atoms with van der Waals surface area (Å²) >= 11 is 0. The van der Waals surface area contributed by atoms with Crippen molar-refractivity contribution < 1.29 is 74.7 Å². The highest BCUT2D eigenvalue weighted by atomic mass is 31.3. The number of nitrogens with zero attached hydrogens (tertiary/aromatic N) is 1. The number of hydrogen-bond acceptors (Lipinski definition) is 18. The molecule has 3 aromatic carbocycles. The maximum absolute atomic E-state index is 12.6. The van der Waals surface area contributed by atoms with Crippen LogP contribution in [0.4, 0.5) is 10.5 Å². The van der Waals surface area contributed by atoms with E-state index in [2.05, 4.69) is 22.8 Å². The monoisotopic (exact) mass is 803 g/mol. The number of para-hydroxylation sites is 1. The van der Waals surface area contributed by atoms with Crippen molar-refractivity contribution in [2.45, 2.75) is 30.7 Å². The summed E-state index contributed by atoms with van der Waals surface area (Å²) in [5, 5.41) is 14.2. The number of ether oxygens (including phenoxy) is 2. The van der Waals surface area contributed by atoms with Crippen LogP contribution in [0.3, 0.4) is 0 Å². The number of aliphatic hydroxyl groups excluding tert-OH is 1. The summed E-state index contributed by atoms with van der Waals surface area (Å²) in [6.45, 7) is -1.30. The number of carbonyl (C=O) groups excluding carboxylic acids is 1. The number of amides is 1. The Morgan fingerprint density at radius 3 is 2.19 bits per heavy atom. The van der Waals surface area contributed by atoms with Gasteiger partial charge in [-0.15, -0.1) is 0 Å². The van der Waals surface area contributed by atoms with Crippen LogP contribution in [0.15, 0.2) is 94.6 Å². The van der Waals surface area contributed by atoms with Crippen molar-refractivity contribution in [2.24, 2.45) is 0 Å². The highest BCUT2D eigenvalue weighted by Gasteiger charge is 2.48. The average molecular weight is 803 g/mol. The fourth-order valence-corrected chi connectivity index (χ4v) is 10.3. The standard InChI is InChI=1S/C27H29N3O18P4/c31-22-13-14-30(26(33)29-22)25-24(45-27(34)28-19-10-2-1-3-11-19)23(32)21(44-25)15-43-50(37,38)47-52(41,42)48-51(39,40)46-49(35,36)16-18-9-6-8-17-7-4-5-12-20(17)18/h1-14,21,23-25,32H,15-16H2,(H,28,34)(H,35,36)(H,37,38)(H,39,40)(H,41,42)(H,29,31,33)/p-4/t21-,23?,24+,25-/m1/s1. The first-order valence-corrected chi connectivity index (χ1v) is 20.6. The van der Waals surface area contributed by atoms with E-state index in [0.717, 1.165) is 12.3 Å². The Hall–Kier alpha value is -3.61. The third-order valence-corrected chi connectivity index (χ3v) is 13.2. The first-order valence-electron chi connectivity index (χ1n) is 14.5. The van der Waals surface area contributed by atoms with Gasteiger partial charge in [-0.3, -0.25) is 37.7 Å². The zero-order valence-electron chi connectivity index (χ0n) is 25.9. The van der Waals surface area contributed by atoms with Gasteiger partial charge >= 0.3 is 11.8 Å². The minimum Gasteiger partial charge on any atom is -0.778 e. The summed E-state index contributed by atoms with van der Waals surface area (Å²) in [5.74, 6) is 0. The number of phosphoric ester groups is 1. The molecule has 1 amide bonds. The lowest BCUT2D eigenvalue weighted by atomic mass is 10.1. The van der Waals surface area contributed by atoms with Crippen molar-refractivity contribution in [3.63, 3.8) is 0 Å². The van der Waals surface area contributed by atoms with Crippen molar-refractivity contribution in [1.82, 2.24) is 9.55 Å². The Labute approximate surface area is 291 Å². The summed E-state index contributed by atoms with van der Waals surface area (Å²) in [5.41, 5.74) is -1.59. The number of anilines is 1. The van der Waals surface area contributed by atoms with Gasteiger partial charge in [-0.05, 0) is 28.5 Å². The molecule has 0 saturated carbocycles. The number of aromatic amines is 1. The number of hydrogen-bond donors (Lipinski definition) is 3. The molecule has 25 heteroatoms. The molecule has 4 aromatic rings. The van der Waals surface area contributed by atoms with Crippen molar-refractivity contribution >= 4 is 53.6 Å². The number of benzene rings is 3. The summed E-state index contributed by atoms with van der Waals surface area (Å²) < 4.78 is 76.6. The molecule has 0 spiro atoms. The van der Waals surface area contributed by atoms with Gasteiger partial charge in [0.1, 0.15) is 19.8 Å². The van der Waals surface area contributed by atoms with Crippen LogP contribution in [0.5, 0.6) is 0 Å². The first-order chi connectivity index (χ1) is 24.3. The van der Waals surface area contributed by atoms with Crippen LogP contribution in [0.1, 0.15) is 11.8 Å². The Balaban J connectivity index is 1.23. The summed E-state index contributed by atoms with van der Waals surface area (Å²) in [6.07, 6.45) is -8.64. The number of aromatic nitrogens is 2. The molecule has 1 fully saturated rings. The SMILES string of the molecule is O=C(Nc1ccccc1)O[C@H]1C(O)[C@@H](COP(=O)([O-])OP(=O)([O-])OP(=O)([O-])OP(=O)([O-])Cc2cccc3ccccc23)O[C@H]1n1ccc(=O)[nH]c1=O. The largest absolute Gasteiger partial charge is 0.778 e. The molecule has 21 nitrogen and oxygen atoms in total. The summed E-state index contributed by atoms with van der Waals surface area (Å²) in [7, 11) is -24.5. The van der Waals surface area contributed by atoms with E-state index >= 15 is 0 Å². The first kappa shape index (κ1) is 39.6. The highest BCUT2D eigenvalue weighted by Crippen LogP contribution is 2.67. The quantitative estimate of drug-likeness (QED) is 0.148. The van der Waals surface area contributed by atoms with E-state index in [1.807, 2.05) is 4.98 Å².